The van der Waals surface area contributed by atoms with Crippen molar-refractivity contribution >= 4 is 0 Å². The fourth-order valence-corrected chi connectivity index (χ4v) is 2.36. The van der Waals surface area contributed by atoms with Crippen LogP contribution in [-0.4, -0.2) is 16.6 Å². The first-order valence-electron chi connectivity index (χ1n) is 5.57. The van der Waals surface area contributed by atoms with Gasteiger partial charge in [-0.2, -0.15) is 0 Å². The first kappa shape index (κ1) is 9.46. The minimum atomic E-state index is 0.395. The van der Waals surface area contributed by atoms with Crippen molar-refractivity contribution in [3.63, 3.8) is 0 Å². The summed E-state index contributed by atoms with van der Waals surface area (Å²) in [5.74, 6) is 1.44. The lowest BCUT2D eigenvalue weighted by Crippen LogP contribution is -2.16. The van der Waals surface area contributed by atoms with Crippen LogP contribution in [0.1, 0.15) is 29.2 Å². The van der Waals surface area contributed by atoms with Gasteiger partial charge in [0, 0.05) is 23.4 Å². The number of H-pyrrole nitrogens is 1. The van der Waals surface area contributed by atoms with Crippen LogP contribution in [0.2, 0.25) is 0 Å². The van der Waals surface area contributed by atoms with Gasteiger partial charge in [-0.15, -0.1) is 0 Å². The predicted octanol–water partition coefficient (Wildman–Crippen LogP) is 2.63. The van der Waals surface area contributed by atoms with E-state index in [2.05, 4.69) is 35.1 Å². The highest BCUT2D eigenvalue weighted by Crippen LogP contribution is 2.38. The molecule has 0 radical (unpaired) electrons. The van der Waals surface area contributed by atoms with Crippen LogP contribution in [0.25, 0.3) is 0 Å². The van der Waals surface area contributed by atoms with Crippen LogP contribution in [0.15, 0.2) is 30.7 Å². The molecule has 3 nitrogen and oxygen atoms in total. The molecule has 2 aromatic rings. The molecule has 0 aliphatic carbocycles. The van der Waals surface area contributed by atoms with Gasteiger partial charge in [0.05, 0.1) is 12.9 Å². The van der Waals surface area contributed by atoms with Crippen LogP contribution < -0.4 is 4.74 Å². The van der Waals surface area contributed by atoms with E-state index < -0.39 is 0 Å². The van der Waals surface area contributed by atoms with E-state index in [1.54, 1.807) is 6.33 Å². The van der Waals surface area contributed by atoms with Crippen molar-refractivity contribution in [3.05, 3.63) is 47.5 Å². The molecular weight excluding hydrogens is 200 g/mol. The number of aromatic nitrogens is 2. The lowest BCUT2D eigenvalue weighted by atomic mass is 9.89. The summed E-state index contributed by atoms with van der Waals surface area (Å²) in [6.45, 7) is 2.87. The number of imidazole rings is 1. The van der Waals surface area contributed by atoms with Gasteiger partial charge >= 0.3 is 0 Å². The number of nitrogens with one attached hydrogen (secondary N) is 1. The maximum atomic E-state index is 5.75. The maximum Gasteiger partial charge on any atom is 0.126 e. The highest BCUT2D eigenvalue weighted by molar-refractivity contribution is 5.46. The first-order valence-corrected chi connectivity index (χ1v) is 5.57. The fraction of sp³-hybridized carbons (Fsp3) is 0.308. The number of hydrogen-bond donors (Lipinski definition) is 1. The highest BCUT2D eigenvalue weighted by atomic mass is 16.5. The molecule has 0 saturated heterocycles. The Morgan fingerprint density at radius 2 is 2.38 bits per heavy atom. The molecule has 3 heteroatoms. The van der Waals surface area contributed by atoms with Gasteiger partial charge in [-0.05, 0) is 18.9 Å². The van der Waals surface area contributed by atoms with Crippen LogP contribution in [0, 0.1) is 6.92 Å². The SMILES string of the molecule is Cc1cccc2c1OCCC2c1cnc[nH]1. The number of benzene rings is 1. The Morgan fingerprint density at radius 3 is 3.19 bits per heavy atom. The van der Waals surface area contributed by atoms with E-state index in [1.165, 1.54) is 16.8 Å². The average Bonchev–Trinajstić information content (AvgIpc) is 2.82. The van der Waals surface area contributed by atoms with Gasteiger partial charge in [0.1, 0.15) is 5.75 Å². The van der Waals surface area contributed by atoms with Crippen molar-refractivity contribution in [2.75, 3.05) is 6.61 Å². The molecule has 1 aliphatic heterocycles. The normalized spacial score (nSPS) is 18.9. The molecule has 0 bridgehead atoms. The summed E-state index contributed by atoms with van der Waals surface area (Å²) in [5.41, 5.74) is 3.66. The summed E-state index contributed by atoms with van der Waals surface area (Å²) >= 11 is 0. The molecule has 2 heterocycles. The summed E-state index contributed by atoms with van der Waals surface area (Å²) in [5, 5.41) is 0. The topological polar surface area (TPSA) is 37.9 Å². The van der Waals surface area contributed by atoms with Gasteiger partial charge in [0.2, 0.25) is 0 Å². The van der Waals surface area contributed by atoms with E-state index in [0.717, 1.165) is 18.8 Å². The van der Waals surface area contributed by atoms with E-state index in [1.807, 2.05) is 6.20 Å². The standard InChI is InChI=1S/C13H14N2O/c1-9-3-2-4-11-10(5-6-16-13(9)11)12-7-14-8-15-12/h2-4,7-8,10H,5-6H2,1H3,(H,14,15). The lowest BCUT2D eigenvalue weighted by molar-refractivity contribution is 0.274. The molecule has 1 atom stereocenters. The van der Waals surface area contributed by atoms with Crippen molar-refractivity contribution in [1.82, 2.24) is 9.97 Å². The fourth-order valence-electron chi connectivity index (χ4n) is 2.36. The van der Waals surface area contributed by atoms with Gasteiger partial charge in [-0.25, -0.2) is 4.98 Å². The first-order chi connectivity index (χ1) is 7.86. The Labute approximate surface area is 94.5 Å². The average molecular weight is 214 g/mol. The van der Waals surface area contributed by atoms with Crippen molar-refractivity contribution < 1.29 is 4.74 Å². The zero-order valence-corrected chi connectivity index (χ0v) is 9.23. The minimum Gasteiger partial charge on any atom is -0.493 e. The Hall–Kier alpha value is -1.77. The molecular formula is C13H14N2O. The smallest absolute Gasteiger partial charge is 0.126 e. The molecule has 1 unspecified atom stereocenters. The van der Waals surface area contributed by atoms with Gasteiger partial charge in [0.15, 0.2) is 0 Å². The second-order valence-electron chi connectivity index (χ2n) is 4.19. The molecule has 0 fully saturated rings. The third-order valence-electron chi connectivity index (χ3n) is 3.17. The van der Waals surface area contributed by atoms with Gasteiger partial charge < -0.3 is 9.72 Å². The zero-order chi connectivity index (χ0) is 11.0. The van der Waals surface area contributed by atoms with E-state index >= 15 is 0 Å². The summed E-state index contributed by atoms with van der Waals surface area (Å²) in [6, 6.07) is 6.33. The second-order valence-corrected chi connectivity index (χ2v) is 4.19. The van der Waals surface area contributed by atoms with Crippen molar-refractivity contribution in [1.29, 1.82) is 0 Å². The van der Waals surface area contributed by atoms with E-state index in [4.69, 9.17) is 4.74 Å². The summed E-state index contributed by atoms with van der Waals surface area (Å²) in [7, 11) is 0. The molecule has 0 saturated carbocycles. The van der Waals surface area contributed by atoms with E-state index in [0.29, 0.717) is 5.92 Å². The maximum absolute atomic E-state index is 5.75. The Morgan fingerprint density at radius 1 is 1.44 bits per heavy atom. The van der Waals surface area contributed by atoms with Crippen LogP contribution >= 0.6 is 0 Å². The number of rotatable bonds is 1. The highest BCUT2D eigenvalue weighted by Gasteiger charge is 2.24. The number of nitrogens with zero attached hydrogens (tertiary/aromatic N) is 1. The van der Waals surface area contributed by atoms with Crippen molar-refractivity contribution in [2.45, 2.75) is 19.3 Å². The Kier molecular flexibility index (Phi) is 2.17. The minimum absolute atomic E-state index is 0.395. The number of ether oxygens (including phenoxy) is 1. The van der Waals surface area contributed by atoms with Crippen LogP contribution in [0.3, 0.4) is 0 Å². The van der Waals surface area contributed by atoms with Crippen molar-refractivity contribution in [2.24, 2.45) is 0 Å². The number of para-hydroxylation sites is 1. The quantitative estimate of drug-likeness (QED) is 0.792. The molecule has 82 valence electrons. The third-order valence-corrected chi connectivity index (χ3v) is 3.17. The lowest BCUT2D eigenvalue weighted by Gasteiger charge is -2.26. The number of aromatic amines is 1. The number of aryl methyl sites for hydroxylation is 1. The molecule has 0 amide bonds. The molecule has 0 spiro atoms. The van der Waals surface area contributed by atoms with E-state index in [-0.39, 0.29) is 0 Å². The molecule has 3 rings (SSSR count). The zero-order valence-electron chi connectivity index (χ0n) is 9.23. The number of fused-ring (bicyclic) bond motifs is 1. The Balaban J connectivity index is 2.10. The van der Waals surface area contributed by atoms with Crippen molar-refractivity contribution in [3.8, 4) is 5.75 Å². The molecule has 1 N–H and O–H groups in total. The molecule has 1 aliphatic rings. The van der Waals surface area contributed by atoms with Gasteiger partial charge in [-0.1, -0.05) is 18.2 Å². The molecule has 1 aromatic carbocycles. The predicted molar refractivity (Wildman–Crippen MR) is 61.7 cm³/mol. The largest absolute Gasteiger partial charge is 0.493 e. The second kappa shape index (κ2) is 3.67. The summed E-state index contributed by atoms with van der Waals surface area (Å²) < 4.78 is 5.75. The molecule has 1 aromatic heterocycles. The van der Waals surface area contributed by atoms with Crippen LogP contribution in [0.5, 0.6) is 5.75 Å². The number of hydrogen-bond acceptors (Lipinski definition) is 2. The van der Waals surface area contributed by atoms with E-state index in [9.17, 15) is 0 Å². The molecule has 16 heavy (non-hydrogen) atoms. The van der Waals surface area contributed by atoms with Gasteiger partial charge in [-0.3, -0.25) is 0 Å². The van der Waals surface area contributed by atoms with Crippen LogP contribution in [-0.2, 0) is 0 Å². The monoisotopic (exact) mass is 214 g/mol. The van der Waals surface area contributed by atoms with Gasteiger partial charge in [0.25, 0.3) is 0 Å². The van der Waals surface area contributed by atoms with Crippen LogP contribution in [0.4, 0.5) is 0 Å². The third kappa shape index (κ3) is 1.40. The summed E-state index contributed by atoms with van der Waals surface area (Å²) in [6.07, 6.45) is 4.65. The summed E-state index contributed by atoms with van der Waals surface area (Å²) in [4.78, 5) is 7.30. The Bertz CT molecular complexity index is 491.